The van der Waals surface area contributed by atoms with E-state index in [0.717, 1.165) is 27.7 Å². The molecular weight excluding hydrogens is 379 g/mol. The predicted octanol–water partition coefficient (Wildman–Crippen LogP) is 4.06. The Hall–Kier alpha value is -3.59. The van der Waals surface area contributed by atoms with Crippen LogP contribution in [-0.4, -0.2) is 37.1 Å². The molecule has 0 bridgehead atoms. The summed E-state index contributed by atoms with van der Waals surface area (Å²) in [5.74, 6) is 0.951. The number of nitrogens with zero attached hydrogens (tertiary/aromatic N) is 5. The van der Waals surface area contributed by atoms with Crippen molar-refractivity contribution >= 4 is 16.3 Å². The van der Waals surface area contributed by atoms with Crippen LogP contribution in [0.2, 0.25) is 0 Å². The van der Waals surface area contributed by atoms with Crippen molar-refractivity contribution in [2.75, 3.05) is 7.11 Å². The van der Waals surface area contributed by atoms with Crippen LogP contribution in [0.25, 0.3) is 38.3 Å². The quantitative estimate of drug-likeness (QED) is 0.499. The summed E-state index contributed by atoms with van der Waals surface area (Å²) in [5.41, 5.74) is 3.15. The summed E-state index contributed by atoms with van der Waals surface area (Å²) in [6.45, 7) is 0. The fraction of sp³-hybridized carbons (Fsp3) is 0.0526. The maximum absolute atomic E-state index is 13.5. The second-order valence-corrected chi connectivity index (χ2v) is 6.99. The Kier molecular flexibility index (Phi) is 3.87. The van der Waals surface area contributed by atoms with Crippen LogP contribution < -0.4 is 4.74 Å². The topological polar surface area (TPSA) is 81.0 Å². The number of methoxy groups -OCH3 is 1. The van der Waals surface area contributed by atoms with Gasteiger partial charge < -0.3 is 4.74 Å². The van der Waals surface area contributed by atoms with Gasteiger partial charge in [-0.05, 0) is 42.5 Å². The molecule has 0 saturated carbocycles. The van der Waals surface area contributed by atoms with E-state index in [1.807, 2.05) is 30.3 Å². The number of aromatic nitrogens is 6. The molecule has 7 nitrogen and oxygen atoms in total. The summed E-state index contributed by atoms with van der Waals surface area (Å²) < 4.78 is 20.3. The summed E-state index contributed by atoms with van der Waals surface area (Å²) in [7, 11) is 1.63. The van der Waals surface area contributed by atoms with E-state index in [1.165, 1.54) is 23.5 Å². The van der Waals surface area contributed by atoms with Gasteiger partial charge in [0.05, 0.1) is 18.5 Å². The second kappa shape index (κ2) is 6.54. The molecule has 0 spiro atoms. The van der Waals surface area contributed by atoms with E-state index < -0.39 is 0 Å². The smallest absolute Gasteiger partial charge is 0.235 e. The highest BCUT2D eigenvalue weighted by Crippen LogP contribution is 2.30. The normalized spacial score (nSPS) is 11.2. The number of hydrogen-bond acceptors (Lipinski definition) is 6. The van der Waals surface area contributed by atoms with Crippen LogP contribution in [0.5, 0.6) is 5.75 Å². The molecule has 0 radical (unpaired) electrons. The predicted molar refractivity (Wildman–Crippen MR) is 104 cm³/mol. The number of nitrogens with one attached hydrogen (secondary N) is 1. The van der Waals surface area contributed by atoms with Crippen molar-refractivity contribution in [3.05, 3.63) is 60.4 Å². The van der Waals surface area contributed by atoms with Gasteiger partial charge in [-0.25, -0.2) is 4.39 Å². The van der Waals surface area contributed by atoms with Gasteiger partial charge >= 0.3 is 0 Å². The van der Waals surface area contributed by atoms with E-state index in [1.54, 1.807) is 23.8 Å². The molecule has 28 heavy (non-hydrogen) atoms. The minimum absolute atomic E-state index is 0.331. The van der Waals surface area contributed by atoms with Crippen molar-refractivity contribution in [2.45, 2.75) is 0 Å². The van der Waals surface area contributed by atoms with Gasteiger partial charge in [0.1, 0.15) is 11.6 Å². The minimum atomic E-state index is -0.331. The van der Waals surface area contributed by atoms with Crippen LogP contribution in [0.3, 0.4) is 0 Å². The highest BCUT2D eigenvalue weighted by Gasteiger charge is 2.16. The third-order valence-corrected chi connectivity index (χ3v) is 5.20. The van der Waals surface area contributed by atoms with Crippen LogP contribution in [-0.2, 0) is 0 Å². The summed E-state index contributed by atoms with van der Waals surface area (Å²) in [4.78, 5) is 0.620. The zero-order valence-electron chi connectivity index (χ0n) is 14.6. The lowest BCUT2D eigenvalue weighted by molar-refractivity contribution is 0.415. The van der Waals surface area contributed by atoms with Crippen molar-refractivity contribution < 1.29 is 9.13 Å². The van der Waals surface area contributed by atoms with Gasteiger partial charge in [0, 0.05) is 11.1 Å². The number of fused-ring (bicyclic) bond motifs is 1. The van der Waals surface area contributed by atoms with Gasteiger partial charge in [0.15, 0.2) is 10.8 Å². The van der Waals surface area contributed by atoms with Crippen LogP contribution >= 0.6 is 11.3 Å². The molecule has 0 aliphatic heterocycles. The molecule has 0 aliphatic carbocycles. The number of hydrogen-bond donors (Lipinski definition) is 1. The first-order valence-electron chi connectivity index (χ1n) is 8.39. The molecule has 0 atom stereocenters. The maximum Gasteiger partial charge on any atom is 0.235 e. The highest BCUT2D eigenvalue weighted by atomic mass is 32.1. The lowest BCUT2D eigenvalue weighted by Crippen LogP contribution is -1.91. The van der Waals surface area contributed by atoms with Crippen molar-refractivity contribution in [2.24, 2.45) is 0 Å². The Morgan fingerprint density at radius 2 is 1.89 bits per heavy atom. The molecule has 5 rings (SSSR count). The summed E-state index contributed by atoms with van der Waals surface area (Å²) in [5, 5.41) is 21.0. The van der Waals surface area contributed by atoms with Crippen molar-refractivity contribution in [1.82, 2.24) is 30.0 Å². The number of halogens is 1. The summed E-state index contributed by atoms with van der Waals surface area (Å²) in [6, 6.07) is 15.8. The molecule has 5 aromatic rings. The lowest BCUT2D eigenvalue weighted by atomic mass is 10.1. The number of rotatable bonds is 4. The number of H-pyrrole nitrogens is 1. The van der Waals surface area contributed by atoms with Crippen LogP contribution in [0, 0.1) is 5.82 Å². The first-order valence-corrected chi connectivity index (χ1v) is 9.21. The summed E-state index contributed by atoms with van der Waals surface area (Å²) >= 11 is 1.38. The molecule has 0 aliphatic rings. The van der Waals surface area contributed by atoms with Crippen LogP contribution in [0.4, 0.5) is 4.39 Å². The van der Waals surface area contributed by atoms with E-state index in [9.17, 15) is 4.39 Å². The molecule has 9 heteroatoms. The monoisotopic (exact) mass is 392 g/mol. The average molecular weight is 392 g/mol. The van der Waals surface area contributed by atoms with Crippen molar-refractivity contribution in [3.63, 3.8) is 0 Å². The van der Waals surface area contributed by atoms with Crippen molar-refractivity contribution in [3.8, 4) is 39.1 Å². The standard InChI is InChI=1S/C19H13FN6OS/c1-27-14-7-5-11(6-8-14)15-10-16(22-21-15)18-25-26-17(23-24-19(26)28-18)12-3-2-4-13(20)9-12/h2-10H,1H3,(H,21,22). The van der Waals surface area contributed by atoms with Gasteiger partial charge in [0.2, 0.25) is 4.96 Å². The molecule has 138 valence electrons. The Morgan fingerprint density at radius 3 is 2.68 bits per heavy atom. The van der Waals surface area contributed by atoms with E-state index in [2.05, 4.69) is 25.5 Å². The van der Waals surface area contributed by atoms with E-state index in [0.29, 0.717) is 16.3 Å². The number of ether oxygens (including phenoxy) is 1. The van der Waals surface area contributed by atoms with Gasteiger partial charge in [-0.3, -0.25) is 5.10 Å². The van der Waals surface area contributed by atoms with Gasteiger partial charge in [-0.15, -0.1) is 10.2 Å². The van der Waals surface area contributed by atoms with E-state index >= 15 is 0 Å². The van der Waals surface area contributed by atoms with E-state index in [-0.39, 0.29) is 5.82 Å². The highest BCUT2D eigenvalue weighted by molar-refractivity contribution is 7.19. The second-order valence-electron chi connectivity index (χ2n) is 6.03. The molecule has 0 amide bonds. The third kappa shape index (κ3) is 2.81. The van der Waals surface area contributed by atoms with Crippen LogP contribution in [0.1, 0.15) is 0 Å². The molecule has 0 fully saturated rings. The van der Waals surface area contributed by atoms with E-state index in [4.69, 9.17) is 4.74 Å². The lowest BCUT2D eigenvalue weighted by Gasteiger charge is -1.99. The molecule has 2 aromatic carbocycles. The fourth-order valence-electron chi connectivity index (χ4n) is 2.87. The molecule has 3 heterocycles. The molecule has 0 saturated heterocycles. The Bertz CT molecular complexity index is 1270. The Labute approximate surface area is 162 Å². The van der Waals surface area contributed by atoms with Gasteiger partial charge in [-0.2, -0.15) is 14.7 Å². The SMILES string of the molecule is COc1ccc(-c2cc(-c3nn4c(-c5cccc(F)c5)nnc4s3)[nH]n2)cc1. The minimum Gasteiger partial charge on any atom is -0.497 e. The number of benzene rings is 2. The Balaban J connectivity index is 1.51. The molecule has 3 aromatic heterocycles. The maximum atomic E-state index is 13.5. The largest absolute Gasteiger partial charge is 0.497 e. The first kappa shape index (κ1) is 16.6. The molecular formula is C19H13FN6OS. The number of aromatic amines is 1. The zero-order chi connectivity index (χ0) is 19.1. The first-order chi connectivity index (χ1) is 13.7. The zero-order valence-corrected chi connectivity index (χ0v) is 15.4. The molecule has 1 N–H and O–H groups in total. The fourth-order valence-corrected chi connectivity index (χ4v) is 3.68. The van der Waals surface area contributed by atoms with Gasteiger partial charge in [-0.1, -0.05) is 23.5 Å². The summed E-state index contributed by atoms with van der Waals surface area (Å²) in [6.07, 6.45) is 0. The van der Waals surface area contributed by atoms with Gasteiger partial charge in [0.25, 0.3) is 0 Å². The van der Waals surface area contributed by atoms with Crippen LogP contribution in [0.15, 0.2) is 54.6 Å². The van der Waals surface area contributed by atoms with Crippen molar-refractivity contribution in [1.29, 1.82) is 0 Å². The molecule has 0 unspecified atom stereocenters. The third-order valence-electron chi connectivity index (χ3n) is 4.27. The average Bonchev–Trinajstić information content (AvgIpc) is 3.43. The Morgan fingerprint density at radius 1 is 1.04 bits per heavy atom.